The summed E-state index contributed by atoms with van der Waals surface area (Å²) in [6, 6.07) is 18.2. The highest BCUT2D eigenvalue weighted by atomic mass is 32.1. The third kappa shape index (κ3) is 10.4. The number of fused-ring (bicyclic) bond motifs is 2. The van der Waals surface area contributed by atoms with Gasteiger partial charge >= 0.3 is 4.87 Å². The van der Waals surface area contributed by atoms with E-state index >= 15 is 0 Å². The van der Waals surface area contributed by atoms with Crippen molar-refractivity contribution >= 4 is 44.7 Å². The number of rotatable bonds is 17. The van der Waals surface area contributed by atoms with Gasteiger partial charge in [-0.3, -0.25) is 14.4 Å². The largest absolute Gasteiger partial charge is 0.506 e. The molecule has 0 aliphatic heterocycles. The zero-order valence-corrected chi connectivity index (χ0v) is 26.4. The van der Waals surface area contributed by atoms with Gasteiger partial charge in [-0.1, -0.05) is 73.7 Å². The molecular formula is C33H44N4O6S. The summed E-state index contributed by atoms with van der Waals surface area (Å²) >= 11 is 1.12. The molecule has 0 saturated carbocycles. The number of hydrogen-bond donors (Lipinski definition) is 4. The average Bonchev–Trinajstić information content (AvgIpc) is 3.44. The molecular weight excluding hydrogens is 580 g/mol. The molecule has 0 aliphatic carbocycles. The van der Waals surface area contributed by atoms with E-state index in [1.54, 1.807) is 6.07 Å². The van der Waals surface area contributed by atoms with Gasteiger partial charge in [0.2, 0.25) is 5.91 Å². The lowest BCUT2D eigenvalue weighted by molar-refractivity contribution is -0.132. The Kier molecular flexibility index (Phi) is 14.8. The average molecular weight is 625 g/mol. The Morgan fingerprint density at radius 3 is 2.48 bits per heavy atom. The van der Waals surface area contributed by atoms with Gasteiger partial charge in [0, 0.05) is 26.2 Å². The lowest BCUT2D eigenvalue weighted by Crippen LogP contribution is -2.42. The van der Waals surface area contributed by atoms with E-state index in [1.165, 1.54) is 16.3 Å². The van der Waals surface area contributed by atoms with Crippen molar-refractivity contribution in [3.63, 3.8) is 0 Å². The highest BCUT2D eigenvalue weighted by Crippen LogP contribution is 2.27. The van der Waals surface area contributed by atoms with Gasteiger partial charge in [-0.2, -0.15) is 0 Å². The molecule has 0 unspecified atom stereocenters. The number of carbonyl (C=O) groups excluding carboxylic acids is 1. The lowest BCUT2D eigenvalue weighted by Gasteiger charge is -2.27. The summed E-state index contributed by atoms with van der Waals surface area (Å²) in [5, 5.41) is 22.8. The first-order valence-electron chi connectivity index (χ1n) is 15.1. The van der Waals surface area contributed by atoms with Crippen molar-refractivity contribution in [2.75, 3.05) is 59.0 Å². The number of aromatic amines is 1. The summed E-state index contributed by atoms with van der Waals surface area (Å²) in [7, 11) is 0. The van der Waals surface area contributed by atoms with Gasteiger partial charge in [-0.15, -0.1) is 0 Å². The van der Waals surface area contributed by atoms with E-state index in [0.717, 1.165) is 54.1 Å². The number of carbonyl (C=O) groups is 2. The summed E-state index contributed by atoms with van der Waals surface area (Å²) in [5.41, 5.74) is 2.79. The molecule has 0 spiro atoms. The first-order valence-corrected chi connectivity index (χ1v) is 15.9. The van der Waals surface area contributed by atoms with Crippen LogP contribution in [0, 0.1) is 0 Å². The fourth-order valence-corrected chi connectivity index (χ4v) is 6.00. The van der Waals surface area contributed by atoms with Crippen molar-refractivity contribution in [2.24, 2.45) is 0 Å². The number of aromatic nitrogens is 1. The Balaban J connectivity index is 0.00000169. The molecule has 4 N–H and O–H groups in total. The standard InChI is InChI=1S/C32H42N4O4S.CH2O2/c1-3-35(4-2)20-21-36(19-18-33-17-14-26-12-13-28(37)30-31(26)41-32(39)34-30)29(38)16-23-40-22-15-25-10-7-9-24-8-5-6-11-27(24)25;2-1-3/h5-13,33,37H,3-4,14-23H2,1-2H3,(H,34,39);1H,(H,2,3). The van der Waals surface area contributed by atoms with Crippen LogP contribution in [0.4, 0.5) is 0 Å². The second kappa shape index (κ2) is 18.8. The van der Waals surface area contributed by atoms with Gasteiger partial charge in [0.1, 0.15) is 11.3 Å². The first kappa shape index (κ1) is 34.7. The van der Waals surface area contributed by atoms with Crippen molar-refractivity contribution in [3.8, 4) is 5.75 Å². The van der Waals surface area contributed by atoms with Crippen LogP contribution in [0.2, 0.25) is 0 Å². The van der Waals surface area contributed by atoms with Crippen LogP contribution in [-0.2, 0) is 27.2 Å². The van der Waals surface area contributed by atoms with Gasteiger partial charge in [0.05, 0.1) is 24.3 Å². The van der Waals surface area contributed by atoms with Gasteiger partial charge in [-0.25, -0.2) is 0 Å². The number of carboxylic acid groups (broad SMARTS) is 1. The van der Waals surface area contributed by atoms with Crippen LogP contribution in [0.1, 0.15) is 31.4 Å². The Bertz CT molecular complexity index is 1510. The predicted molar refractivity (Wildman–Crippen MR) is 177 cm³/mol. The summed E-state index contributed by atoms with van der Waals surface area (Å²) in [5.74, 6) is 0.205. The van der Waals surface area contributed by atoms with E-state index < -0.39 is 0 Å². The number of nitrogens with zero attached hydrogens (tertiary/aromatic N) is 2. The van der Waals surface area contributed by atoms with E-state index in [-0.39, 0.29) is 23.0 Å². The molecule has 10 nitrogen and oxygen atoms in total. The fourth-order valence-electron chi connectivity index (χ4n) is 5.11. The van der Waals surface area contributed by atoms with Crippen LogP contribution in [0.5, 0.6) is 5.75 Å². The number of H-pyrrole nitrogens is 1. The molecule has 0 saturated heterocycles. The maximum absolute atomic E-state index is 13.2. The van der Waals surface area contributed by atoms with Crippen molar-refractivity contribution in [2.45, 2.75) is 33.1 Å². The smallest absolute Gasteiger partial charge is 0.305 e. The van der Waals surface area contributed by atoms with Crippen molar-refractivity contribution in [1.29, 1.82) is 0 Å². The molecule has 238 valence electrons. The zero-order chi connectivity index (χ0) is 31.7. The molecule has 1 amide bonds. The van der Waals surface area contributed by atoms with E-state index in [4.69, 9.17) is 14.6 Å². The van der Waals surface area contributed by atoms with Crippen molar-refractivity contribution in [3.05, 3.63) is 75.4 Å². The summed E-state index contributed by atoms with van der Waals surface area (Å²) in [6.07, 6.45) is 1.91. The Morgan fingerprint density at radius 2 is 1.70 bits per heavy atom. The second-order valence-corrected chi connectivity index (χ2v) is 11.2. The normalized spacial score (nSPS) is 11.1. The second-order valence-electron chi connectivity index (χ2n) is 10.2. The number of thiazole rings is 1. The lowest BCUT2D eigenvalue weighted by atomic mass is 10.0. The molecule has 0 bridgehead atoms. The number of phenolic OH excluding ortho intramolecular Hbond substituents is 1. The van der Waals surface area contributed by atoms with Crippen LogP contribution >= 0.6 is 11.3 Å². The van der Waals surface area contributed by atoms with Crippen LogP contribution in [0.3, 0.4) is 0 Å². The minimum Gasteiger partial charge on any atom is -0.506 e. The molecule has 0 fully saturated rings. The predicted octanol–water partition coefficient (Wildman–Crippen LogP) is 4.10. The highest BCUT2D eigenvalue weighted by Gasteiger charge is 2.15. The molecule has 44 heavy (non-hydrogen) atoms. The molecule has 1 heterocycles. The number of likely N-dealkylation sites (N-methyl/N-ethyl adjacent to an activating group) is 1. The Morgan fingerprint density at radius 1 is 0.955 bits per heavy atom. The Hall–Kier alpha value is -3.77. The molecule has 0 aliphatic rings. The van der Waals surface area contributed by atoms with Gasteiger partial charge in [0.25, 0.3) is 6.47 Å². The molecule has 11 heteroatoms. The van der Waals surface area contributed by atoms with E-state index in [0.29, 0.717) is 51.3 Å². The number of phenols is 1. The number of aromatic hydroxyl groups is 1. The topological polar surface area (TPSA) is 135 Å². The maximum Gasteiger partial charge on any atom is 0.305 e. The van der Waals surface area contributed by atoms with E-state index in [9.17, 15) is 14.7 Å². The van der Waals surface area contributed by atoms with Crippen LogP contribution < -0.4 is 10.2 Å². The SMILES string of the molecule is CCN(CC)CCN(CCNCCc1ccc(O)c2[nH]c(=O)sc12)C(=O)CCOCCc1cccc2ccccc12.O=CO. The molecule has 3 aromatic carbocycles. The highest BCUT2D eigenvalue weighted by molar-refractivity contribution is 7.16. The van der Waals surface area contributed by atoms with Crippen molar-refractivity contribution in [1.82, 2.24) is 20.1 Å². The summed E-state index contributed by atoms with van der Waals surface area (Å²) < 4.78 is 6.70. The first-order chi connectivity index (χ1) is 21.4. The van der Waals surface area contributed by atoms with E-state index in [2.05, 4.69) is 71.5 Å². The maximum atomic E-state index is 13.2. The van der Waals surface area contributed by atoms with Crippen LogP contribution in [-0.4, -0.2) is 96.4 Å². The monoisotopic (exact) mass is 624 g/mol. The van der Waals surface area contributed by atoms with E-state index in [1.807, 2.05) is 11.0 Å². The summed E-state index contributed by atoms with van der Waals surface area (Å²) in [4.78, 5) is 40.1. The molecule has 0 radical (unpaired) electrons. The Labute approximate surface area is 262 Å². The molecule has 0 atom stereocenters. The third-order valence-electron chi connectivity index (χ3n) is 7.56. The number of benzene rings is 3. The quantitative estimate of drug-likeness (QED) is 0.102. The minimum atomic E-state index is -0.250. The number of nitrogens with one attached hydrogen (secondary N) is 2. The third-order valence-corrected chi connectivity index (χ3v) is 8.52. The minimum absolute atomic E-state index is 0.0926. The summed E-state index contributed by atoms with van der Waals surface area (Å²) in [6.45, 7) is 10.5. The van der Waals surface area contributed by atoms with Gasteiger partial charge in [0.15, 0.2) is 0 Å². The number of ether oxygens (including phenoxy) is 1. The molecule has 1 aromatic heterocycles. The van der Waals surface area contributed by atoms with Gasteiger partial charge in [-0.05, 0) is 60.4 Å². The molecule has 4 rings (SSSR count). The van der Waals surface area contributed by atoms with Crippen LogP contribution in [0.15, 0.2) is 59.4 Å². The van der Waals surface area contributed by atoms with Crippen molar-refractivity contribution < 1.29 is 24.5 Å². The zero-order valence-electron chi connectivity index (χ0n) is 25.6. The number of hydrogen-bond acceptors (Lipinski definition) is 8. The van der Waals surface area contributed by atoms with Gasteiger partial charge < -0.3 is 35.1 Å². The van der Waals surface area contributed by atoms with Crippen LogP contribution in [0.25, 0.3) is 21.0 Å². The molecule has 4 aromatic rings. The number of amides is 1. The fraction of sp³-hybridized carbons (Fsp3) is 0.424.